The lowest BCUT2D eigenvalue weighted by Gasteiger charge is -2.37. The summed E-state index contributed by atoms with van der Waals surface area (Å²) in [5.74, 6) is 1.49. The van der Waals surface area contributed by atoms with E-state index < -0.39 is 0 Å². The summed E-state index contributed by atoms with van der Waals surface area (Å²) in [5, 5.41) is 0. The predicted octanol–water partition coefficient (Wildman–Crippen LogP) is 1.17. The molecule has 1 aromatic rings. The van der Waals surface area contributed by atoms with Gasteiger partial charge in [-0.2, -0.15) is 0 Å². The summed E-state index contributed by atoms with van der Waals surface area (Å²) < 4.78 is 6.10. The third-order valence-corrected chi connectivity index (χ3v) is 5.33. The fraction of sp³-hybridized carbons (Fsp3) is 0.684. The molecule has 2 fully saturated rings. The first-order valence-corrected chi connectivity index (χ1v) is 9.65. The summed E-state index contributed by atoms with van der Waals surface area (Å²) in [6.45, 7) is 4.28. The van der Waals surface area contributed by atoms with Crippen LogP contribution >= 0.6 is 0 Å². The van der Waals surface area contributed by atoms with Gasteiger partial charge in [-0.3, -0.25) is 9.59 Å². The molecule has 0 aliphatic carbocycles. The molecule has 0 radical (unpaired) electrons. The fourth-order valence-electron chi connectivity index (χ4n) is 3.80. The van der Waals surface area contributed by atoms with Crippen molar-refractivity contribution in [3.8, 4) is 5.88 Å². The highest BCUT2D eigenvalue weighted by molar-refractivity contribution is 5.80. The van der Waals surface area contributed by atoms with E-state index in [2.05, 4.69) is 9.97 Å². The molecule has 0 N–H and O–H groups in total. The Balaban J connectivity index is 1.58. The van der Waals surface area contributed by atoms with Crippen molar-refractivity contribution >= 4 is 17.6 Å². The first-order valence-electron chi connectivity index (χ1n) is 9.65. The van der Waals surface area contributed by atoms with E-state index in [0.29, 0.717) is 31.3 Å². The standard InChI is InChI=1S/C19H29N5O3/c1-14(25)23-11-6-15(7-12-23)19(26)24-10-4-5-16(13-24)27-18-17(22(2)3)20-8-9-21-18/h8-9,15-16H,4-7,10-13H2,1-3H3. The second-order valence-corrected chi connectivity index (χ2v) is 7.53. The second-order valence-electron chi connectivity index (χ2n) is 7.53. The Morgan fingerprint density at radius 2 is 1.78 bits per heavy atom. The van der Waals surface area contributed by atoms with Crippen LogP contribution in [-0.2, 0) is 9.59 Å². The summed E-state index contributed by atoms with van der Waals surface area (Å²) in [5.41, 5.74) is 0. The SMILES string of the molecule is CC(=O)N1CCC(C(=O)N2CCCC(Oc3nccnc3N(C)C)C2)CC1. The summed E-state index contributed by atoms with van der Waals surface area (Å²) in [6, 6.07) is 0. The van der Waals surface area contributed by atoms with Gasteiger partial charge in [0.25, 0.3) is 5.88 Å². The Kier molecular flexibility index (Phi) is 6.13. The average molecular weight is 375 g/mol. The number of likely N-dealkylation sites (tertiary alicyclic amines) is 2. The van der Waals surface area contributed by atoms with Crippen LogP contribution in [-0.4, -0.2) is 78.0 Å². The number of ether oxygens (including phenoxy) is 1. The number of hydrogen-bond acceptors (Lipinski definition) is 6. The molecule has 3 rings (SSSR count). The van der Waals surface area contributed by atoms with Gasteiger partial charge in [0.1, 0.15) is 6.10 Å². The van der Waals surface area contributed by atoms with Gasteiger partial charge in [-0.05, 0) is 25.7 Å². The maximum atomic E-state index is 12.9. The van der Waals surface area contributed by atoms with Crippen molar-refractivity contribution < 1.29 is 14.3 Å². The largest absolute Gasteiger partial charge is 0.470 e. The number of carbonyl (C=O) groups is 2. The zero-order valence-corrected chi connectivity index (χ0v) is 16.4. The molecule has 2 aliphatic rings. The van der Waals surface area contributed by atoms with Crippen molar-refractivity contribution in [3.63, 3.8) is 0 Å². The van der Waals surface area contributed by atoms with Crippen molar-refractivity contribution in [1.29, 1.82) is 0 Å². The van der Waals surface area contributed by atoms with Gasteiger partial charge in [-0.15, -0.1) is 0 Å². The molecule has 0 aromatic carbocycles. The van der Waals surface area contributed by atoms with Crippen molar-refractivity contribution in [3.05, 3.63) is 12.4 Å². The average Bonchev–Trinajstić information content (AvgIpc) is 2.68. The van der Waals surface area contributed by atoms with Gasteiger partial charge in [-0.25, -0.2) is 9.97 Å². The van der Waals surface area contributed by atoms with Crippen LogP contribution < -0.4 is 9.64 Å². The molecule has 0 bridgehead atoms. The highest BCUT2D eigenvalue weighted by Gasteiger charge is 2.32. The summed E-state index contributed by atoms with van der Waals surface area (Å²) in [6.07, 6.45) is 6.50. The molecule has 2 aliphatic heterocycles. The molecular formula is C19H29N5O3. The number of anilines is 1. The van der Waals surface area contributed by atoms with E-state index in [1.165, 1.54) is 0 Å². The van der Waals surface area contributed by atoms with Crippen LogP contribution in [0, 0.1) is 5.92 Å². The lowest BCUT2D eigenvalue weighted by atomic mass is 9.94. The van der Waals surface area contributed by atoms with E-state index in [0.717, 1.165) is 32.2 Å². The smallest absolute Gasteiger partial charge is 0.257 e. The Hall–Kier alpha value is -2.38. The summed E-state index contributed by atoms with van der Waals surface area (Å²) in [4.78, 5) is 38.7. The molecule has 27 heavy (non-hydrogen) atoms. The number of amides is 2. The maximum absolute atomic E-state index is 12.9. The monoisotopic (exact) mass is 375 g/mol. The second kappa shape index (κ2) is 8.54. The zero-order valence-electron chi connectivity index (χ0n) is 16.4. The third kappa shape index (κ3) is 4.67. The lowest BCUT2D eigenvalue weighted by Crippen LogP contribution is -2.49. The number of hydrogen-bond donors (Lipinski definition) is 0. The van der Waals surface area contributed by atoms with Gasteiger partial charge in [0.05, 0.1) is 6.54 Å². The first-order chi connectivity index (χ1) is 13.0. The minimum absolute atomic E-state index is 0.00760. The van der Waals surface area contributed by atoms with Gasteiger partial charge in [0.2, 0.25) is 11.8 Å². The summed E-state index contributed by atoms with van der Waals surface area (Å²) in [7, 11) is 3.81. The number of rotatable bonds is 4. The van der Waals surface area contributed by atoms with E-state index in [1.807, 2.05) is 28.8 Å². The van der Waals surface area contributed by atoms with Crippen LogP contribution in [0.2, 0.25) is 0 Å². The first kappa shape index (κ1) is 19.4. The lowest BCUT2D eigenvalue weighted by molar-refractivity contribution is -0.142. The number of aromatic nitrogens is 2. The van der Waals surface area contributed by atoms with Gasteiger partial charge in [0.15, 0.2) is 5.82 Å². The van der Waals surface area contributed by atoms with Gasteiger partial charge in [-0.1, -0.05) is 0 Å². The van der Waals surface area contributed by atoms with Crippen LogP contribution in [0.3, 0.4) is 0 Å². The zero-order chi connectivity index (χ0) is 19.4. The maximum Gasteiger partial charge on any atom is 0.257 e. The molecule has 1 atom stereocenters. The van der Waals surface area contributed by atoms with E-state index in [-0.39, 0.29) is 23.8 Å². The van der Waals surface area contributed by atoms with Gasteiger partial charge >= 0.3 is 0 Å². The molecule has 8 nitrogen and oxygen atoms in total. The highest BCUT2D eigenvalue weighted by Crippen LogP contribution is 2.26. The van der Waals surface area contributed by atoms with Crippen molar-refractivity contribution in [1.82, 2.24) is 19.8 Å². The van der Waals surface area contributed by atoms with Gasteiger partial charge in [0, 0.05) is 59.0 Å². The number of nitrogens with zero attached hydrogens (tertiary/aromatic N) is 5. The quantitative estimate of drug-likeness (QED) is 0.786. The van der Waals surface area contributed by atoms with Crippen molar-refractivity contribution in [2.45, 2.75) is 38.7 Å². The van der Waals surface area contributed by atoms with Crippen LogP contribution in [0.15, 0.2) is 12.4 Å². The minimum atomic E-state index is -0.0737. The van der Waals surface area contributed by atoms with Crippen LogP contribution in [0.4, 0.5) is 5.82 Å². The van der Waals surface area contributed by atoms with Crippen molar-refractivity contribution in [2.75, 3.05) is 45.2 Å². The van der Waals surface area contributed by atoms with Crippen LogP contribution in [0.5, 0.6) is 5.88 Å². The molecule has 0 spiro atoms. The Bertz CT molecular complexity index is 673. The topological polar surface area (TPSA) is 78.9 Å². The molecule has 3 heterocycles. The Labute approximate surface area is 160 Å². The van der Waals surface area contributed by atoms with Gasteiger partial charge < -0.3 is 19.4 Å². The normalized spacial score (nSPS) is 21.1. The number of carbonyl (C=O) groups excluding carboxylic acids is 2. The molecule has 148 valence electrons. The molecular weight excluding hydrogens is 346 g/mol. The molecule has 2 amide bonds. The predicted molar refractivity (Wildman–Crippen MR) is 102 cm³/mol. The Morgan fingerprint density at radius 1 is 1.07 bits per heavy atom. The highest BCUT2D eigenvalue weighted by atomic mass is 16.5. The molecule has 2 saturated heterocycles. The van der Waals surface area contributed by atoms with E-state index >= 15 is 0 Å². The van der Waals surface area contributed by atoms with E-state index in [9.17, 15) is 9.59 Å². The molecule has 1 aromatic heterocycles. The fourth-order valence-corrected chi connectivity index (χ4v) is 3.80. The summed E-state index contributed by atoms with van der Waals surface area (Å²) >= 11 is 0. The minimum Gasteiger partial charge on any atom is -0.470 e. The van der Waals surface area contributed by atoms with Crippen LogP contribution in [0.1, 0.15) is 32.6 Å². The molecule has 8 heteroatoms. The molecule has 0 saturated carbocycles. The van der Waals surface area contributed by atoms with E-state index in [4.69, 9.17) is 4.74 Å². The third-order valence-electron chi connectivity index (χ3n) is 5.33. The van der Waals surface area contributed by atoms with E-state index in [1.54, 1.807) is 19.3 Å². The van der Waals surface area contributed by atoms with Crippen molar-refractivity contribution in [2.24, 2.45) is 5.92 Å². The molecule has 1 unspecified atom stereocenters. The number of piperidine rings is 2. The Morgan fingerprint density at radius 3 is 2.44 bits per heavy atom. The van der Waals surface area contributed by atoms with Crippen LogP contribution in [0.25, 0.3) is 0 Å².